The van der Waals surface area contributed by atoms with E-state index in [1.165, 1.54) is 0 Å². The van der Waals surface area contributed by atoms with Crippen molar-refractivity contribution >= 4 is 6.03 Å². The summed E-state index contributed by atoms with van der Waals surface area (Å²) in [6.45, 7) is 5.60. The van der Waals surface area contributed by atoms with E-state index < -0.39 is 0 Å². The molecule has 0 radical (unpaired) electrons. The lowest BCUT2D eigenvalue weighted by atomic mass is 10.0. The number of hydrogen-bond donors (Lipinski definition) is 1. The van der Waals surface area contributed by atoms with Gasteiger partial charge >= 0.3 is 6.03 Å². The molecule has 0 spiro atoms. The summed E-state index contributed by atoms with van der Waals surface area (Å²) in [5.74, 6) is 1.55. The number of rotatable bonds is 6. The van der Waals surface area contributed by atoms with E-state index in [9.17, 15) is 4.79 Å². The lowest BCUT2D eigenvalue weighted by molar-refractivity contribution is 0.133. The molecule has 0 bridgehead atoms. The van der Waals surface area contributed by atoms with Crippen molar-refractivity contribution in [3.8, 4) is 11.5 Å². The molecule has 6 heteroatoms. The van der Waals surface area contributed by atoms with Crippen molar-refractivity contribution in [2.45, 2.75) is 39.0 Å². The fraction of sp³-hybridized carbons (Fsp3) is 0.435. The predicted octanol–water partition coefficient (Wildman–Crippen LogP) is 4.04. The van der Waals surface area contributed by atoms with Gasteiger partial charge in [-0.3, -0.25) is 0 Å². The fourth-order valence-corrected chi connectivity index (χ4v) is 3.98. The highest BCUT2D eigenvalue weighted by molar-refractivity contribution is 5.75. The zero-order valence-corrected chi connectivity index (χ0v) is 16.9. The molecule has 1 atom stereocenters. The molecule has 0 aliphatic carbocycles. The third kappa shape index (κ3) is 4.48. The molecule has 1 fully saturated rings. The maximum Gasteiger partial charge on any atom is 0.318 e. The Kier molecular flexibility index (Phi) is 6.20. The van der Waals surface area contributed by atoms with Gasteiger partial charge in [0.2, 0.25) is 0 Å². The molecule has 2 aromatic rings. The molecular weight excluding hydrogens is 368 g/mol. The first-order chi connectivity index (χ1) is 14.3. The van der Waals surface area contributed by atoms with Crippen LogP contribution in [0.3, 0.4) is 0 Å². The number of urea groups is 1. The van der Waals surface area contributed by atoms with Crippen LogP contribution in [0.1, 0.15) is 42.5 Å². The van der Waals surface area contributed by atoms with E-state index >= 15 is 0 Å². The maximum absolute atomic E-state index is 12.9. The van der Waals surface area contributed by atoms with Gasteiger partial charge in [-0.05, 0) is 48.6 Å². The molecular formula is C23H28N2O4. The second-order valence-corrected chi connectivity index (χ2v) is 7.32. The monoisotopic (exact) mass is 396 g/mol. The van der Waals surface area contributed by atoms with E-state index in [0.29, 0.717) is 33.0 Å². The molecule has 0 saturated carbocycles. The second-order valence-electron chi connectivity index (χ2n) is 7.32. The smallest absolute Gasteiger partial charge is 0.318 e. The summed E-state index contributed by atoms with van der Waals surface area (Å²) in [4.78, 5) is 14.9. The van der Waals surface area contributed by atoms with Crippen LogP contribution in [-0.4, -0.2) is 37.3 Å². The Morgan fingerprint density at radius 2 is 1.93 bits per heavy atom. The molecule has 29 heavy (non-hydrogen) atoms. The molecule has 2 aliphatic heterocycles. The molecule has 0 aromatic heterocycles. The number of fused-ring (bicyclic) bond motifs is 1. The predicted molar refractivity (Wildman–Crippen MR) is 110 cm³/mol. The lowest BCUT2D eigenvalue weighted by Gasteiger charge is -2.27. The standard InChI is InChI=1S/C23H28N2O4/c1-2-27-16-19-7-4-3-6-18(19)15-24-23(26)25-11-5-8-20(25)17-9-10-21-22(14-17)29-13-12-28-21/h3-4,6-7,9-10,14,20H,2,5,8,11-13,15-16H2,1H3,(H,24,26). The van der Waals surface area contributed by atoms with Crippen molar-refractivity contribution in [3.05, 3.63) is 59.2 Å². The van der Waals surface area contributed by atoms with Gasteiger partial charge in [0.1, 0.15) is 13.2 Å². The summed E-state index contributed by atoms with van der Waals surface area (Å²) < 4.78 is 16.9. The average Bonchev–Trinajstić information content (AvgIpc) is 3.26. The first-order valence-corrected chi connectivity index (χ1v) is 10.3. The fourth-order valence-electron chi connectivity index (χ4n) is 3.98. The summed E-state index contributed by atoms with van der Waals surface area (Å²) in [5.41, 5.74) is 3.29. The van der Waals surface area contributed by atoms with E-state index in [-0.39, 0.29) is 12.1 Å². The van der Waals surface area contributed by atoms with Crippen LogP contribution in [0.15, 0.2) is 42.5 Å². The molecule has 2 amide bonds. The number of hydrogen-bond acceptors (Lipinski definition) is 4. The molecule has 2 heterocycles. The Morgan fingerprint density at radius 1 is 1.14 bits per heavy atom. The molecule has 1 unspecified atom stereocenters. The van der Waals surface area contributed by atoms with Crippen LogP contribution in [-0.2, 0) is 17.9 Å². The number of nitrogens with one attached hydrogen (secondary N) is 1. The number of benzene rings is 2. The molecule has 4 rings (SSSR count). The van der Waals surface area contributed by atoms with E-state index in [1.807, 2.05) is 54.3 Å². The first kappa shape index (κ1) is 19.6. The molecule has 2 aliphatic rings. The van der Waals surface area contributed by atoms with Crippen LogP contribution in [0.5, 0.6) is 11.5 Å². The Balaban J connectivity index is 1.42. The summed E-state index contributed by atoms with van der Waals surface area (Å²) in [7, 11) is 0. The van der Waals surface area contributed by atoms with Crippen LogP contribution in [0.2, 0.25) is 0 Å². The zero-order valence-electron chi connectivity index (χ0n) is 16.9. The van der Waals surface area contributed by atoms with Crippen molar-refractivity contribution in [3.63, 3.8) is 0 Å². The molecule has 1 saturated heterocycles. The number of likely N-dealkylation sites (tertiary alicyclic amines) is 1. The van der Waals surface area contributed by atoms with Gasteiger partial charge in [-0.15, -0.1) is 0 Å². The normalized spacial score (nSPS) is 18.0. The zero-order chi connectivity index (χ0) is 20.1. The van der Waals surface area contributed by atoms with Crippen LogP contribution >= 0.6 is 0 Å². The van der Waals surface area contributed by atoms with Crippen LogP contribution < -0.4 is 14.8 Å². The first-order valence-electron chi connectivity index (χ1n) is 10.3. The Bertz CT molecular complexity index is 855. The van der Waals surface area contributed by atoms with Gasteiger partial charge in [-0.25, -0.2) is 4.79 Å². The number of carbonyl (C=O) groups is 1. The summed E-state index contributed by atoms with van der Waals surface area (Å²) in [6, 6.07) is 14.1. The van der Waals surface area contributed by atoms with Crippen molar-refractivity contribution < 1.29 is 19.0 Å². The number of ether oxygens (including phenoxy) is 3. The molecule has 1 N–H and O–H groups in total. The molecule has 6 nitrogen and oxygen atoms in total. The highest BCUT2D eigenvalue weighted by Crippen LogP contribution is 2.38. The Labute approximate surface area is 171 Å². The third-order valence-corrected chi connectivity index (χ3v) is 5.47. The van der Waals surface area contributed by atoms with Crippen molar-refractivity contribution in [1.82, 2.24) is 10.2 Å². The van der Waals surface area contributed by atoms with Gasteiger partial charge < -0.3 is 24.4 Å². The lowest BCUT2D eigenvalue weighted by Crippen LogP contribution is -2.39. The van der Waals surface area contributed by atoms with Crippen LogP contribution in [0.25, 0.3) is 0 Å². The molecule has 2 aromatic carbocycles. The minimum Gasteiger partial charge on any atom is -0.486 e. The van der Waals surface area contributed by atoms with Gasteiger partial charge in [0, 0.05) is 19.7 Å². The quantitative estimate of drug-likeness (QED) is 0.801. The highest BCUT2D eigenvalue weighted by atomic mass is 16.6. The van der Waals surface area contributed by atoms with E-state index in [0.717, 1.165) is 47.6 Å². The Morgan fingerprint density at radius 3 is 2.76 bits per heavy atom. The largest absolute Gasteiger partial charge is 0.486 e. The van der Waals surface area contributed by atoms with E-state index in [4.69, 9.17) is 14.2 Å². The molecule has 154 valence electrons. The number of nitrogens with zero attached hydrogens (tertiary/aromatic N) is 1. The van der Waals surface area contributed by atoms with E-state index in [2.05, 4.69) is 5.32 Å². The third-order valence-electron chi connectivity index (χ3n) is 5.47. The topological polar surface area (TPSA) is 60.0 Å². The Hall–Kier alpha value is -2.73. The van der Waals surface area contributed by atoms with Gasteiger partial charge in [0.05, 0.1) is 12.6 Å². The average molecular weight is 396 g/mol. The van der Waals surface area contributed by atoms with Crippen molar-refractivity contribution in [2.75, 3.05) is 26.4 Å². The number of amides is 2. The minimum absolute atomic E-state index is 0.0337. The van der Waals surface area contributed by atoms with Crippen molar-refractivity contribution in [1.29, 1.82) is 0 Å². The SMILES string of the molecule is CCOCc1ccccc1CNC(=O)N1CCCC1c1ccc2c(c1)OCCO2. The van der Waals surface area contributed by atoms with Crippen LogP contribution in [0.4, 0.5) is 4.79 Å². The number of carbonyl (C=O) groups excluding carboxylic acids is 1. The summed E-state index contributed by atoms with van der Waals surface area (Å²) in [5, 5.41) is 3.10. The van der Waals surface area contributed by atoms with E-state index in [1.54, 1.807) is 0 Å². The van der Waals surface area contributed by atoms with Gasteiger partial charge in [-0.2, -0.15) is 0 Å². The van der Waals surface area contributed by atoms with Crippen molar-refractivity contribution in [2.24, 2.45) is 0 Å². The van der Waals surface area contributed by atoms with Gasteiger partial charge in [0.25, 0.3) is 0 Å². The van der Waals surface area contributed by atoms with Gasteiger partial charge in [0.15, 0.2) is 11.5 Å². The highest BCUT2D eigenvalue weighted by Gasteiger charge is 2.30. The minimum atomic E-state index is -0.0337. The van der Waals surface area contributed by atoms with Crippen LogP contribution in [0, 0.1) is 0 Å². The summed E-state index contributed by atoms with van der Waals surface area (Å²) in [6.07, 6.45) is 1.95. The maximum atomic E-state index is 12.9. The van der Waals surface area contributed by atoms with Gasteiger partial charge in [-0.1, -0.05) is 30.3 Å². The summed E-state index contributed by atoms with van der Waals surface area (Å²) >= 11 is 0. The second kappa shape index (κ2) is 9.18.